The summed E-state index contributed by atoms with van der Waals surface area (Å²) < 4.78 is 46.9. The number of aromatic nitrogens is 1. The zero-order valence-electron chi connectivity index (χ0n) is 15.5. The SMILES string of the molecule is O=C(Nc1ccc(C[C@@]23CN[C@@H](CO2)C3)cc1)c1ccc(OCC(F)(F)F)nc1. The third kappa shape index (κ3) is 4.86. The normalized spacial score (nSPS) is 23.2. The number of morpholine rings is 1. The molecule has 0 saturated carbocycles. The molecule has 1 amide bonds. The number of benzene rings is 1. The molecule has 6 nitrogen and oxygen atoms in total. The van der Waals surface area contributed by atoms with Gasteiger partial charge in [0.1, 0.15) is 0 Å². The zero-order chi connectivity index (χ0) is 20.5. The number of hydrogen-bond acceptors (Lipinski definition) is 5. The number of alkyl halides is 3. The van der Waals surface area contributed by atoms with Crippen LogP contribution in [0, 0.1) is 0 Å². The second-order valence-corrected chi connectivity index (χ2v) is 7.39. The Morgan fingerprint density at radius 2 is 2.07 bits per heavy atom. The van der Waals surface area contributed by atoms with Gasteiger partial charge in [-0.05, 0) is 30.2 Å². The Balaban J connectivity index is 1.32. The molecule has 2 fully saturated rings. The van der Waals surface area contributed by atoms with Crippen molar-refractivity contribution in [1.29, 1.82) is 0 Å². The molecule has 2 aromatic rings. The highest BCUT2D eigenvalue weighted by molar-refractivity contribution is 6.04. The van der Waals surface area contributed by atoms with Crippen LogP contribution in [-0.4, -0.2) is 48.5 Å². The average molecular weight is 407 g/mol. The summed E-state index contributed by atoms with van der Waals surface area (Å²) in [6, 6.07) is 10.6. The fourth-order valence-electron chi connectivity index (χ4n) is 3.65. The van der Waals surface area contributed by atoms with E-state index in [1.165, 1.54) is 18.3 Å². The van der Waals surface area contributed by atoms with Gasteiger partial charge in [-0.3, -0.25) is 4.79 Å². The molecule has 9 heteroatoms. The summed E-state index contributed by atoms with van der Waals surface area (Å²) in [4.78, 5) is 16.0. The number of anilines is 1. The topological polar surface area (TPSA) is 72.5 Å². The number of halogens is 3. The number of nitrogens with zero attached hydrogens (tertiary/aromatic N) is 1. The van der Waals surface area contributed by atoms with Crippen LogP contribution in [0.4, 0.5) is 18.9 Å². The van der Waals surface area contributed by atoms with Crippen LogP contribution in [-0.2, 0) is 11.2 Å². The molecule has 2 bridgehead atoms. The van der Waals surface area contributed by atoms with E-state index in [9.17, 15) is 18.0 Å². The van der Waals surface area contributed by atoms with Gasteiger partial charge < -0.3 is 20.1 Å². The Kier molecular flexibility index (Phi) is 5.18. The van der Waals surface area contributed by atoms with Crippen molar-refractivity contribution in [2.75, 3.05) is 25.1 Å². The highest BCUT2D eigenvalue weighted by Crippen LogP contribution is 2.34. The van der Waals surface area contributed by atoms with E-state index in [4.69, 9.17) is 4.74 Å². The van der Waals surface area contributed by atoms with Crippen LogP contribution in [0.15, 0.2) is 42.6 Å². The highest BCUT2D eigenvalue weighted by Gasteiger charge is 2.45. The molecule has 29 heavy (non-hydrogen) atoms. The van der Waals surface area contributed by atoms with Crippen LogP contribution in [0.1, 0.15) is 22.3 Å². The number of rotatable bonds is 6. The van der Waals surface area contributed by atoms with Crippen LogP contribution < -0.4 is 15.4 Å². The number of pyridine rings is 1. The van der Waals surface area contributed by atoms with Crippen molar-refractivity contribution in [2.24, 2.45) is 0 Å². The minimum atomic E-state index is -4.44. The molecular weight excluding hydrogens is 387 g/mol. The largest absolute Gasteiger partial charge is 0.468 e. The first-order valence-corrected chi connectivity index (χ1v) is 9.24. The van der Waals surface area contributed by atoms with Crippen molar-refractivity contribution < 1.29 is 27.4 Å². The van der Waals surface area contributed by atoms with E-state index in [1.54, 1.807) is 0 Å². The molecule has 0 unspecified atom stereocenters. The first kappa shape index (κ1) is 19.7. The zero-order valence-corrected chi connectivity index (χ0v) is 15.5. The van der Waals surface area contributed by atoms with E-state index in [0.29, 0.717) is 11.7 Å². The Morgan fingerprint density at radius 1 is 1.28 bits per heavy atom. The second kappa shape index (κ2) is 7.64. The lowest BCUT2D eigenvalue weighted by Crippen LogP contribution is -2.40. The summed E-state index contributed by atoms with van der Waals surface area (Å²) >= 11 is 0. The Morgan fingerprint density at radius 3 is 2.62 bits per heavy atom. The van der Waals surface area contributed by atoms with Crippen molar-refractivity contribution in [3.8, 4) is 5.88 Å². The number of fused-ring (bicyclic) bond motifs is 2. The number of carbonyl (C=O) groups excluding carboxylic acids is 1. The van der Waals surface area contributed by atoms with Crippen molar-refractivity contribution in [3.63, 3.8) is 0 Å². The van der Waals surface area contributed by atoms with E-state index >= 15 is 0 Å². The molecule has 2 aliphatic rings. The van der Waals surface area contributed by atoms with Crippen molar-refractivity contribution in [3.05, 3.63) is 53.7 Å². The van der Waals surface area contributed by atoms with Crippen LogP contribution >= 0.6 is 0 Å². The summed E-state index contributed by atoms with van der Waals surface area (Å²) in [6.45, 7) is 0.176. The smallest absolute Gasteiger partial charge is 0.422 e. The number of nitrogens with one attached hydrogen (secondary N) is 2. The lowest BCUT2D eigenvalue weighted by Gasteiger charge is -2.26. The molecule has 2 atom stereocenters. The molecule has 0 spiro atoms. The third-order valence-electron chi connectivity index (χ3n) is 5.04. The molecule has 3 heterocycles. The standard InChI is InChI=1S/C20H20F3N3O3/c21-20(22,23)12-28-17-6-3-14(9-24-17)18(27)26-15-4-1-13(2-5-15)7-19-8-16(10-29-19)25-11-19/h1-6,9,16,25H,7-8,10-12H2,(H,26,27)/t16-,19-/m1/s1. The van der Waals surface area contributed by atoms with Crippen LogP contribution in [0.3, 0.4) is 0 Å². The van der Waals surface area contributed by atoms with Crippen molar-refractivity contribution in [2.45, 2.75) is 30.7 Å². The lowest BCUT2D eigenvalue weighted by atomic mass is 9.93. The predicted molar refractivity (Wildman–Crippen MR) is 99.0 cm³/mol. The average Bonchev–Trinajstić information content (AvgIpc) is 3.28. The van der Waals surface area contributed by atoms with E-state index in [0.717, 1.165) is 31.6 Å². The van der Waals surface area contributed by atoms with Gasteiger partial charge in [0.2, 0.25) is 5.88 Å². The lowest BCUT2D eigenvalue weighted by molar-refractivity contribution is -0.154. The van der Waals surface area contributed by atoms with E-state index in [-0.39, 0.29) is 17.0 Å². The third-order valence-corrected chi connectivity index (χ3v) is 5.04. The summed E-state index contributed by atoms with van der Waals surface area (Å²) in [5.41, 5.74) is 1.83. The maximum absolute atomic E-state index is 12.3. The van der Waals surface area contributed by atoms with Gasteiger partial charge in [0.25, 0.3) is 5.91 Å². The Hall–Kier alpha value is -2.65. The summed E-state index contributed by atoms with van der Waals surface area (Å²) in [6.07, 6.45) is -1.44. The minimum absolute atomic E-state index is 0.128. The van der Waals surface area contributed by atoms with Crippen LogP contribution in [0.5, 0.6) is 5.88 Å². The molecule has 1 aromatic heterocycles. The van der Waals surface area contributed by atoms with E-state index < -0.39 is 18.7 Å². The molecule has 154 valence electrons. The van der Waals surface area contributed by atoms with Crippen LogP contribution in [0.25, 0.3) is 0 Å². The molecule has 1 aromatic carbocycles. The van der Waals surface area contributed by atoms with Gasteiger partial charge in [-0.1, -0.05) is 12.1 Å². The molecule has 0 radical (unpaired) electrons. The van der Waals surface area contributed by atoms with Gasteiger partial charge in [0.05, 0.1) is 17.8 Å². The van der Waals surface area contributed by atoms with Gasteiger partial charge in [0.15, 0.2) is 6.61 Å². The molecule has 0 aliphatic carbocycles. The number of carbonyl (C=O) groups is 1. The van der Waals surface area contributed by atoms with Gasteiger partial charge in [-0.2, -0.15) is 13.2 Å². The molecule has 2 saturated heterocycles. The van der Waals surface area contributed by atoms with Gasteiger partial charge in [-0.15, -0.1) is 0 Å². The molecule has 4 rings (SSSR count). The fraction of sp³-hybridized carbons (Fsp3) is 0.400. The van der Waals surface area contributed by atoms with Crippen molar-refractivity contribution in [1.82, 2.24) is 10.3 Å². The fourth-order valence-corrected chi connectivity index (χ4v) is 3.65. The minimum Gasteiger partial charge on any atom is -0.468 e. The quantitative estimate of drug-likeness (QED) is 0.771. The second-order valence-electron chi connectivity index (χ2n) is 7.39. The number of hydrogen-bond donors (Lipinski definition) is 2. The van der Waals surface area contributed by atoms with E-state index in [2.05, 4.69) is 20.4 Å². The number of ether oxygens (including phenoxy) is 2. The predicted octanol–water partition coefficient (Wildman–Crippen LogP) is 2.95. The first-order valence-electron chi connectivity index (χ1n) is 9.24. The molecule has 2 N–H and O–H groups in total. The van der Waals surface area contributed by atoms with Crippen molar-refractivity contribution >= 4 is 11.6 Å². The Bertz CT molecular complexity index is 861. The van der Waals surface area contributed by atoms with E-state index in [1.807, 2.05) is 24.3 Å². The maximum atomic E-state index is 12.3. The maximum Gasteiger partial charge on any atom is 0.422 e. The van der Waals surface area contributed by atoms with Gasteiger partial charge in [-0.25, -0.2) is 4.98 Å². The Labute approximate surface area is 165 Å². The monoisotopic (exact) mass is 407 g/mol. The van der Waals surface area contributed by atoms with Crippen LogP contribution in [0.2, 0.25) is 0 Å². The highest BCUT2D eigenvalue weighted by atomic mass is 19.4. The molecule has 2 aliphatic heterocycles. The summed E-state index contributed by atoms with van der Waals surface area (Å²) in [5.74, 6) is -0.603. The number of amides is 1. The molecular formula is C20H20F3N3O3. The summed E-state index contributed by atoms with van der Waals surface area (Å²) in [7, 11) is 0. The van der Waals surface area contributed by atoms with Gasteiger partial charge in [0, 0.05) is 37.0 Å². The first-order chi connectivity index (χ1) is 13.8. The summed E-state index contributed by atoms with van der Waals surface area (Å²) in [5, 5.41) is 6.18. The van der Waals surface area contributed by atoms with Gasteiger partial charge >= 0.3 is 6.18 Å².